The van der Waals surface area contributed by atoms with Crippen LogP contribution in [0.25, 0.3) is 0 Å². The second kappa shape index (κ2) is 10.1. The maximum absolute atomic E-state index is 6.27. The van der Waals surface area contributed by atoms with Gasteiger partial charge in [-0.15, -0.1) is 0 Å². The molecule has 154 valence electrons. The monoisotopic (exact) mass is 499 g/mol. The van der Waals surface area contributed by atoms with E-state index in [0.29, 0.717) is 34.0 Å². The predicted molar refractivity (Wildman–Crippen MR) is 117 cm³/mol. The van der Waals surface area contributed by atoms with Gasteiger partial charge in [0.2, 0.25) is 5.95 Å². The molecule has 0 saturated carbocycles. The number of aryl methyl sites for hydroxylation is 1. The molecule has 29 heavy (non-hydrogen) atoms. The summed E-state index contributed by atoms with van der Waals surface area (Å²) in [6, 6.07) is 9.06. The summed E-state index contributed by atoms with van der Waals surface area (Å²) in [4.78, 5) is 0. The zero-order valence-corrected chi connectivity index (χ0v) is 19.1. The molecule has 0 unspecified atom stereocenters. The minimum absolute atomic E-state index is 0.267. The zero-order chi connectivity index (χ0) is 20.8. The molecule has 0 aliphatic heterocycles. The summed E-state index contributed by atoms with van der Waals surface area (Å²) < 4.78 is 14.2. The van der Waals surface area contributed by atoms with Crippen LogP contribution in [0.3, 0.4) is 0 Å². The van der Waals surface area contributed by atoms with Crippen LogP contribution in [-0.2, 0) is 19.7 Å². The molecule has 1 N–H and O–H groups in total. The lowest BCUT2D eigenvalue weighted by molar-refractivity contribution is 0.281. The third-order valence-electron chi connectivity index (χ3n) is 4.16. The fourth-order valence-corrected chi connectivity index (χ4v) is 3.63. The van der Waals surface area contributed by atoms with Crippen molar-refractivity contribution >= 4 is 45.1 Å². The van der Waals surface area contributed by atoms with Crippen LogP contribution >= 0.6 is 39.1 Å². The highest BCUT2D eigenvalue weighted by atomic mass is 79.9. The number of rotatable bonds is 9. The molecular formula is C19H20BrCl2N5O2. The second-order valence-corrected chi connectivity index (χ2v) is 7.86. The molecule has 0 radical (unpaired) electrons. The molecule has 0 bridgehead atoms. The molecule has 1 aromatic heterocycles. The Kier molecular flexibility index (Phi) is 7.57. The standard InChI is InChI=1S/C19H20BrCl2N5O2/c1-3-8-27-19(24-25-26-27)23-10-14-15(20)6-7-17(28-2)18(14)29-11-12-4-5-13(21)9-16(12)22/h4-7,9H,3,8,10-11H2,1-2H3,(H,23,24,26). The molecule has 10 heteroatoms. The fourth-order valence-electron chi connectivity index (χ4n) is 2.72. The molecule has 0 saturated heterocycles. The van der Waals surface area contributed by atoms with Crippen molar-refractivity contribution in [3.05, 3.63) is 56.0 Å². The van der Waals surface area contributed by atoms with Crippen LogP contribution in [0.5, 0.6) is 11.5 Å². The highest BCUT2D eigenvalue weighted by molar-refractivity contribution is 9.10. The Hall–Kier alpha value is -2.03. The van der Waals surface area contributed by atoms with Crippen molar-refractivity contribution in [2.75, 3.05) is 12.4 Å². The molecule has 3 aromatic rings. The number of aromatic nitrogens is 4. The third kappa shape index (κ3) is 5.32. The summed E-state index contributed by atoms with van der Waals surface area (Å²) in [6.07, 6.45) is 0.929. The number of tetrazole rings is 1. The molecule has 0 atom stereocenters. The molecular weight excluding hydrogens is 481 g/mol. The zero-order valence-electron chi connectivity index (χ0n) is 16.0. The van der Waals surface area contributed by atoms with Crippen molar-refractivity contribution in [1.29, 1.82) is 0 Å². The average molecular weight is 501 g/mol. The van der Waals surface area contributed by atoms with Gasteiger partial charge in [0, 0.05) is 38.7 Å². The summed E-state index contributed by atoms with van der Waals surface area (Å²) >= 11 is 15.8. The van der Waals surface area contributed by atoms with Crippen molar-refractivity contribution in [3.63, 3.8) is 0 Å². The van der Waals surface area contributed by atoms with Crippen molar-refractivity contribution in [1.82, 2.24) is 20.2 Å². The Morgan fingerprint density at radius 2 is 2.03 bits per heavy atom. The Morgan fingerprint density at radius 1 is 1.21 bits per heavy atom. The van der Waals surface area contributed by atoms with E-state index in [1.54, 1.807) is 23.9 Å². The quantitative estimate of drug-likeness (QED) is 0.426. The Balaban J connectivity index is 1.83. The van der Waals surface area contributed by atoms with Crippen molar-refractivity contribution in [3.8, 4) is 11.5 Å². The molecule has 0 amide bonds. The van der Waals surface area contributed by atoms with E-state index in [1.807, 2.05) is 18.2 Å². The first-order valence-electron chi connectivity index (χ1n) is 8.95. The number of nitrogens with zero attached hydrogens (tertiary/aromatic N) is 4. The Bertz CT molecular complexity index is 983. The minimum Gasteiger partial charge on any atom is -0.493 e. The van der Waals surface area contributed by atoms with Gasteiger partial charge < -0.3 is 14.8 Å². The van der Waals surface area contributed by atoms with Crippen LogP contribution in [0.4, 0.5) is 5.95 Å². The summed E-state index contributed by atoms with van der Waals surface area (Å²) in [7, 11) is 1.60. The molecule has 1 heterocycles. The van der Waals surface area contributed by atoms with E-state index >= 15 is 0 Å². The summed E-state index contributed by atoms with van der Waals surface area (Å²) in [6.45, 7) is 3.50. The van der Waals surface area contributed by atoms with E-state index in [0.717, 1.165) is 28.6 Å². The fraction of sp³-hybridized carbons (Fsp3) is 0.316. The van der Waals surface area contributed by atoms with Gasteiger partial charge in [-0.05, 0) is 41.1 Å². The maximum Gasteiger partial charge on any atom is 0.243 e. The number of methoxy groups -OCH3 is 1. The average Bonchev–Trinajstić information content (AvgIpc) is 3.14. The number of benzene rings is 2. The topological polar surface area (TPSA) is 74.1 Å². The minimum atomic E-state index is 0.267. The number of anilines is 1. The summed E-state index contributed by atoms with van der Waals surface area (Å²) in [5, 5.41) is 16.1. The van der Waals surface area contributed by atoms with E-state index in [2.05, 4.69) is 43.7 Å². The van der Waals surface area contributed by atoms with Crippen molar-refractivity contribution < 1.29 is 9.47 Å². The van der Waals surface area contributed by atoms with Gasteiger partial charge in [0.05, 0.1) is 7.11 Å². The molecule has 0 aliphatic carbocycles. The molecule has 0 spiro atoms. The maximum atomic E-state index is 6.27. The number of halogens is 3. The van der Waals surface area contributed by atoms with Crippen LogP contribution < -0.4 is 14.8 Å². The molecule has 0 aliphatic rings. The van der Waals surface area contributed by atoms with Gasteiger partial charge in [0.1, 0.15) is 6.61 Å². The smallest absolute Gasteiger partial charge is 0.243 e. The molecule has 7 nitrogen and oxygen atoms in total. The number of hydrogen-bond donors (Lipinski definition) is 1. The van der Waals surface area contributed by atoms with Crippen LogP contribution in [0.1, 0.15) is 24.5 Å². The van der Waals surface area contributed by atoms with E-state index < -0.39 is 0 Å². The van der Waals surface area contributed by atoms with Gasteiger partial charge in [0.15, 0.2) is 11.5 Å². The first-order chi connectivity index (χ1) is 14.0. The summed E-state index contributed by atoms with van der Waals surface area (Å²) in [5.41, 5.74) is 1.70. The van der Waals surface area contributed by atoms with Gasteiger partial charge in [-0.2, -0.15) is 0 Å². The van der Waals surface area contributed by atoms with Gasteiger partial charge in [-0.3, -0.25) is 0 Å². The van der Waals surface area contributed by atoms with E-state index in [9.17, 15) is 0 Å². The van der Waals surface area contributed by atoms with Crippen LogP contribution in [-0.4, -0.2) is 27.3 Å². The normalized spacial score (nSPS) is 10.8. The first kappa shape index (κ1) is 21.7. The van der Waals surface area contributed by atoms with Crippen molar-refractivity contribution in [2.45, 2.75) is 33.0 Å². The van der Waals surface area contributed by atoms with Crippen LogP contribution in [0.2, 0.25) is 10.0 Å². The molecule has 2 aromatic carbocycles. The largest absolute Gasteiger partial charge is 0.493 e. The predicted octanol–water partition coefficient (Wildman–Crippen LogP) is 5.35. The Labute approximate surface area is 187 Å². The van der Waals surface area contributed by atoms with Crippen LogP contribution in [0, 0.1) is 0 Å². The number of hydrogen-bond acceptors (Lipinski definition) is 6. The van der Waals surface area contributed by atoms with E-state index in [-0.39, 0.29) is 6.61 Å². The second-order valence-electron chi connectivity index (χ2n) is 6.16. The van der Waals surface area contributed by atoms with E-state index in [1.165, 1.54) is 0 Å². The highest BCUT2D eigenvalue weighted by Gasteiger charge is 2.17. The lowest BCUT2D eigenvalue weighted by Crippen LogP contribution is -2.11. The van der Waals surface area contributed by atoms with Gasteiger partial charge in [-0.25, -0.2) is 4.68 Å². The Morgan fingerprint density at radius 3 is 2.76 bits per heavy atom. The molecule has 0 fully saturated rings. The van der Waals surface area contributed by atoms with Gasteiger partial charge >= 0.3 is 0 Å². The summed E-state index contributed by atoms with van der Waals surface area (Å²) in [5.74, 6) is 1.81. The lowest BCUT2D eigenvalue weighted by atomic mass is 10.1. The van der Waals surface area contributed by atoms with E-state index in [4.69, 9.17) is 32.7 Å². The number of ether oxygens (including phenoxy) is 2. The van der Waals surface area contributed by atoms with Crippen molar-refractivity contribution in [2.24, 2.45) is 0 Å². The third-order valence-corrected chi connectivity index (χ3v) is 5.49. The SMILES string of the molecule is CCCn1nnnc1NCc1c(Br)ccc(OC)c1OCc1ccc(Cl)cc1Cl. The van der Waals surface area contributed by atoms with Gasteiger partial charge in [0.25, 0.3) is 0 Å². The lowest BCUT2D eigenvalue weighted by Gasteiger charge is -2.17. The van der Waals surface area contributed by atoms with Gasteiger partial charge in [-0.1, -0.05) is 57.2 Å². The van der Waals surface area contributed by atoms with Crippen LogP contribution in [0.15, 0.2) is 34.8 Å². The molecule has 3 rings (SSSR count). The highest BCUT2D eigenvalue weighted by Crippen LogP contribution is 2.37. The number of nitrogens with one attached hydrogen (secondary N) is 1. The first-order valence-corrected chi connectivity index (χ1v) is 10.5.